The Morgan fingerprint density at radius 2 is 2.08 bits per heavy atom. The van der Waals surface area contributed by atoms with E-state index in [-0.39, 0.29) is 5.56 Å². The number of fused-ring (bicyclic) bond motifs is 3. The molecular formula is C17H13BrN4OS2. The quantitative estimate of drug-likeness (QED) is 0.347. The third kappa shape index (κ3) is 2.94. The van der Waals surface area contributed by atoms with E-state index in [1.165, 1.54) is 4.88 Å². The van der Waals surface area contributed by atoms with Gasteiger partial charge in [-0.05, 0) is 40.2 Å². The van der Waals surface area contributed by atoms with Gasteiger partial charge in [-0.15, -0.1) is 28.1 Å². The lowest BCUT2D eigenvalue weighted by Gasteiger charge is -2.09. The van der Waals surface area contributed by atoms with Crippen LogP contribution < -0.4 is 5.56 Å². The Hall–Kier alpha value is -1.90. The van der Waals surface area contributed by atoms with Gasteiger partial charge >= 0.3 is 0 Å². The summed E-state index contributed by atoms with van der Waals surface area (Å²) < 4.78 is 4.67. The molecule has 3 aromatic heterocycles. The van der Waals surface area contributed by atoms with E-state index in [1.54, 1.807) is 33.7 Å². The van der Waals surface area contributed by atoms with Crippen molar-refractivity contribution >= 4 is 55.7 Å². The number of rotatable bonds is 5. The Balaban J connectivity index is 1.88. The van der Waals surface area contributed by atoms with Gasteiger partial charge in [0.25, 0.3) is 5.56 Å². The molecule has 0 radical (unpaired) electrons. The van der Waals surface area contributed by atoms with Crippen LogP contribution in [0.3, 0.4) is 0 Å². The van der Waals surface area contributed by atoms with Crippen LogP contribution in [0.1, 0.15) is 4.88 Å². The number of para-hydroxylation sites is 1. The molecule has 0 saturated heterocycles. The summed E-state index contributed by atoms with van der Waals surface area (Å²) in [5.74, 6) is 1.34. The normalized spacial score (nSPS) is 11.4. The number of thiophene rings is 1. The number of halogens is 1. The first-order valence-electron chi connectivity index (χ1n) is 7.53. The second kappa shape index (κ2) is 6.78. The maximum atomic E-state index is 12.7. The summed E-state index contributed by atoms with van der Waals surface area (Å²) in [4.78, 5) is 14.0. The molecule has 0 atom stereocenters. The van der Waals surface area contributed by atoms with E-state index < -0.39 is 0 Å². The molecule has 0 bridgehead atoms. The highest BCUT2D eigenvalue weighted by molar-refractivity contribution is 9.11. The summed E-state index contributed by atoms with van der Waals surface area (Å²) in [5.41, 5.74) is 0.747. The summed E-state index contributed by atoms with van der Waals surface area (Å²) in [6, 6.07) is 11.7. The number of nitrogens with zero attached hydrogens (tertiary/aromatic N) is 4. The highest BCUT2D eigenvalue weighted by Gasteiger charge is 2.16. The Morgan fingerprint density at radius 1 is 1.24 bits per heavy atom. The Labute approximate surface area is 160 Å². The van der Waals surface area contributed by atoms with Crippen LogP contribution in [0.15, 0.2) is 62.8 Å². The molecule has 126 valence electrons. The second-order valence-electron chi connectivity index (χ2n) is 5.33. The van der Waals surface area contributed by atoms with Crippen molar-refractivity contribution in [3.05, 3.63) is 68.1 Å². The van der Waals surface area contributed by atoms with Gasteiger partial charge in [-0.2, -0.15) is 0 Å². The van der Waals surface area contributed by atoms with Crippen molar-refractivity contribution in [2.45, 2.75) is 17.5 Å². The van der Waals surface area contributed by atoms with Crippen LogP contribution in [0, 0.1) is 0 Å². The summed E-state index contributed by atoms with van der Waals surface area (Å²) >= 11 is 6.80. The van der Waals surface area contributed by atoms with Gasteiger partial charge in [0.2, 0.25) is 5.78 Å². The molecule has 0 N–H and O–H groups in total. The molecule has 0 aliphatic heterocycles. The molecule has 3 heterocycles. The largest absolute Gasteiger partial charge is 0.272 e. The van der Waals surface area contributed by atoms with Gasteiger partial charge < -0.3 is 0 Å². The van der Waals surface area contributed by atoms with Crippen molar-refractivity contribution in [3.63, 3.8) is 0 Å². The number of aromatic nitrogens is 4. The standard InChI is InChI=1S/C17H13BrN4OS2/c1-2-9-21-15(23)12-5-3-4-6-13(12)22-16(21)19-20-17(22)24-10-11-7-8-14(18)25-11/h2-8H,1,9-10H2. The first kappa shape index (κ1) is 16.6. The van der Waals surface area contributed by atoms with E-state index in [0.717, 1.165) is 20.2 Å². The maximum absolute atomic E-state index is 12.7. The van der Waals surface area contributed by atoms with Crippen LogP contribution >= 0.6 is 39.0 Å². The summed E-state index contributed by atoms with van der Waals surface area (Å²) in [6.45, 7) is 4.14. The molecule has 0 amide bonds. The van der Waals surface area contributed by atoms with Crippen LogP contribution in [-0.4, -0.2) is 19.2 Å². The highest BCUT2D eigenvalue weighted by Crippen LogP contribution is 2.29. The fourth-order valence-corrected chi connectivity index (χ4v) is 5.15. The molecule has 5 nitrogen and oxygen atoms in total. The number of allylic oxidation sites excluding steroid dienone is 1. The zero-order valence-corrected chi connectivity index (χ0v) is 16.3. The average Bonchev–Trinajstić information content (AvgIpc) is 3.23. The van der Waals surface area contributed by atoms with Crippen molar-refractivity contribution in [2.75, 3.05) is 0 Å². The van der Waals surface area contributed by atoms with Crippen molar-refractivity contribution in [3.8, 4) is 0 Å². The van der Waals surface area contributed by atoms with Gasteiger partial charge in [-0.3, -0.25) is 13.8 Å². The molecule has 25 heavy (non-hydrogen) atoms. The molecule has 8 heteroatoms. The summed E-state index contributed by atoms with van der Waals surface area (Å²) in [5, 5.41) is 10.0. The lowest BCUT2D eigenvalue weighted by atomic mass is 10.2. The first-order valence-corrected chi connectivity index (χ1v) is 10.1. The maximum Gasteiger partial charge on any atom is 0.263 e. The van der Waals surface area contributed by atoms with E-state index in [0.29, 0.717) is 17.7 Å². The highest BCUT2D eigenvalue weighted by atomic mass is 79.9. The van der Waals surface area contributed by atoms with Crippen molar-refractivity contribution < 1.29 is 0 Å². The van der Waals surface area contributed by atoms with E-state index in [4.69, 9.17) is 0 Å². The van der Waals surface area contributed by atoms with Gasteiger partial charge in [0.1, 0.15) is 0 Å². The van der Waals surface area contributed by atoms with E-state index >= 15 is 0 Å². The molecule has 4 rings (SSSR count). The zero-order valence-electron chi connectivity index (χ0n) is 13.1. The van der Waals surface area contributed by atoms with Crippen molar-refractivity contribution in [1.82, 2.24) is 19.2 Å². The fraction of sp³-hybridized carbons (Fsp3) is 0.118. The van der Waals surface area contributed by atoms with Gasteiger partial charge in [-0.25, -0.2) is 0 Å². The SMILES string of the molecule is C=CCn1c(=O)c2ccccc2n2c(SCc3ccc(Br)s3)nnc12. The second-order valence-corrected chi connectivity index (χ2v) is 8.82. The lowest BCUT2D eigenvalue weighted by Crippen LogP contribution is -2.22. The van der Waals surface area contributed by atoms with E-state index in [1.807, 2.05) is 34.7 Å². The molecule has 0 unspecified atom stereocenters. The molecule has 0 spiro atoms. The third-order valence-electron chi connectivity index (χ3n) is 3.76. The Morgan fingerprint density at radius 3 is 2.84 bits per heavy atom. The topological polar surface area (TPSA) is 52.2 Å². The molecule has 0 aliphatic rings. The summed E-state index contributed by atoms with van der Waals surface area (Å²) in [6.07, 6.45) is 1.70. The predicted octanol–water partition coefficient (Wildman–Crippen LogP) is 4.35. The van der Waals surface area contributed by atoms with Gasteiger partial charge in [-0.1, -0.05) is 30.0 Å². The number of hydrogen-bond donors (Lipinski definition) is 0. The van der Waals surface area contributed by atoms with Crippen molar-refractivity contribution in [1.29, 1.82) is 0 Å². The van der Waals surface area contributed by atoms with Crippen LogP contribution in [-0.2, 0) is 12.3 Å². The zero-order chi connectivity index (χ0) is 17.4. The number of thioether (sulfide) groups is 1. The average molecular weight is 433 g/mol. The minimum atomic E-state index is -0.0749. The monoisotopic (exact) mass is 432 g/mol. The van der Waals surface area contributed by atoms with Crippen molar-refractivity contribution in [2.24, 2.45) is 0 Å². The Bertz CT molecular complexity index is 1140. The minimum absolute atomic E-state index is 0.0749. The van der Waals surface area contributed by atoms with Crippen LogP contribution in [0.25, 0.3) is 16.7 Å². The first-order chi connectivity index (χ1) is 12.2. The molecule has 0 saturated carbocycles. The molecule has 0 fully saturated rings. The minimum Gasteiger partial charge on any atom is -0.272 e. The Kier molecular flexibility index (Phi) is 4.49. The molecule has 4 aromatic rings. The van der Waals surface area contributed by atoms with Crippen LogP contribution in [0.2, 0.25) is 0 Å². The van der Waals surface area contributed by atoms with Crippen LogP contribution in [0.4, 0.5) is 0 Å². The van der Waals surface area contributed by atoms with Gasteiger partial charge in [0.05, 0.1) is 14.7 Å². The molecule has 0 aliphatic carbocycles. The molecule has 1 aromatic carbocycles. The molecular weight excluding hydrogens is 420 g/mol. The van der Waals surface area contributed by atoms with Gasteiger partial charge in [0.15, 0.2) is 5.16 Å². The summed E-state index contributed by atoms with van der Waals surface area (Å²) in [7, 11) is 0. The predicted molar refractivity (Wildman–Crippen MR) is 107 cm³/mol. The smallest absolute Gasteiger partial charge is 0.263 e. The van der Waals surface area contributed by atoms with Crippen LogP contribution in [0.5, 0.6) is 0 Å². The van der Waals surface area contributed by atoms with Gasteiger partial charge in [0, 0.05) is 17.2 Å². The number of benzene rings is 1. The van der Waals surface area contributed by atoms with E-state index in [2.05, 4.69) is 38.8 Å². The number of hydrogen-bond acceptors (Lipinski definition) is 5. The lowest BCUT2D eigenvalue weighted by molar-refractivity contribution is 0.783. The fourth-order valence-electron chi connectivity index (χ4n) is 2.69. The van der Waals surface area contributed by atoms with E-state index in [9.17, 15) is 4.79 Å². The third-order valence-corrected chi connectivity index (χ3v) is 6.55.